The van der Waals surface area contributed by atoms with Gasteiger partial charge >= 0.3 is 17.8 Å². The summed E-state index contributed by atoms with van der Waals surface area (Å²) in [6.07, 6.45) is 1.46. The van der Waals surface area contributed by atoms with Crippen LogP contribution in [0.1, 0.15) is 10.4 Å². The predicted molar refractivity (Wildman–Crippen MR) is 69.6 cm³/mol. The summed E-state index contributed by atoms with van der Waals surface area (Å²) < 4.78 is 4.55. The molecule has 0 saturated carbocycles. The minimum atomic E-state index is -0.816. The van der Waals surface area contributed by atoms with Crippen LogP contribution in [0.2, 0.25) is 0 Å². The first-order valence-corrected chi connectivity index (χ1v) is 5.47. The van der Waals surface area contributed by atoms with E-state index in [1.807, 2.05) is 0 Å². The van der Waals surface area contributed by atoms with Gasteiger partial charge in [0.25, 0.3) is 0 Å². The smallest absolute Gasteiger partial charge is 0.337 e. The van der Waals surface area contributed by atoms with Gasteiger partial charge in [0.2, 0.25) is 0 Å². The second kappa shape index (κ2) is 6.95. The van der Waals surface area contributed by atoms with E-state index in [1.165, 1.54) is 19.3 Å². The highest BCUT2D eigenvalue weighted by Crippen LogP contribution is 2.11. The number of hydrogen-bond donors (Lipinski definition) is 2. The molecule has 2 N–H and O–H groups in total. The molecule has 0 radical (unpaired) electrons. The van der Waals surface area contributed by atoms with Gasteiger partial charge in [-0.3, -0.25) is 9.59 Å². The molecule has 1 aromatic rings. The first kappa shape index (κ1) is 14.4. The minimum absolute atomic E-state index is 0.203. The summed E-state index contributed by atoms with van der Waals surface area (Å²) in [5.74, 6) is -2.11. The van der Waals surface area contributed by atoms with Crippen LogP contribution in [0.4, 0.5) is 5.69 Å². The van der Waals surface area contributed by atoms with Gasteiger partial charge in [-0.05, 0) is 18.2 Å². The van der Waals surface area contributed by atoms with E-state index in [2.05, 4.69) is 21.9 Å². The number of anilines is 1. The number of rotatable bonds is 4. The van der Waals surface area contributed by atoms with E-state index >= 15 is 0 Å². The van der Waals surface area contributed by atoms with Gasteiger partial charge < -0.3 is 15.4 Å². The number of hydrogen-bond acceptors (Lipinski definition) is 4. The fourth-order valence-corrected chi connectivity index (χ4v) is 1.27. The van der Waals surface area contributed by atoms with Gasteiger partial charge in [0.1, 0.15) is 0 Å². The summed E-state index contributed by atoms with van der Waals surface area (Å²) in [5.41, 5.74) is 0.619. The average molecular weight is 262 g/mol. The summed E-state index contributed by atoms with van der Waals surface area (Å²) >= 11 is 0. The lowest BCUT2D eigenvalue weighted by atomic mass is 10.2. The first-order valence-electron chi connectivity index (χ1n) is 5.47. The number of nitrogens with one attached hydrogen (secondary N) is 2. The molecular formula is C13H14N2O4. The summed E-state index contributed by atoms with van der Waals surface area (Å²) in [6, 6.07) is 6.10. The highest BCUT2D eigenvalue weighted by molar-refractivity contribution is 6.39. The number of esters is 1. The molecule has 0 bridgehead atoms. The maximum Gasteiger partial charge on any atom is 0.337 e. The quantitative estimate of drug-likeness (QED) is 0.475. The van der Waals surface area contributed by atoms with Crippen molar-refractivity contribution in [3.05, 3.63) is 42.5 Å². The van der Waals surface area contributed by atoms with Crippen molar-refractivity contribution in [2.75, 3.05) is 19.0 Å². The maximum atomic E-state index is 11.5. The molecule has 0 aliphatic carbocycles. The molecule has 0 heterocycles. The molecule has 6 heteroatoms. The van der Waals surface area contributed by atoms with Crippen molar-refractivity contribution in [3.63, 3.8) is 0 Å². The van der Waals surface area contributed by atoms with Crippen LogP contribution in [0.3, 0.4) is 0 Å². The summed E-state index contributed by atoms with van der Waals surface area (Å²) in [4.78, 5) is 34.1. The standard InChI is InChI=1S/C13H14N2O4/c1-3-7-14-11(16)12(17)15-10-6-4-5-9(8-10)13(18)19-2/h3-6,8H,1,7H2,2H3,(H,14,16)(H,15,17). The highest BCUT2D eigenvalue weighted by Gasteiger charge is 2.13. The van der Waals surface area contributed by atoms with E-state index < -0.39 is 17.8 Å². The van der Waals surface area contributed by atoms with E-state index in [0.29, 0.717) is 5.69 Å². The normalized spacial score (nSPS) is 9.32. The zero-order valence-electron chi connectivity index (χ0n) is 10.4. The fraction of sp³-hybridized carbons (Fsp3) is 0.154. The molecule has 0 aromatic heterocycles. The first-order chi connectivity index (χ1) is 9.08. The van der Waals surface area contributed by atoms with Crippen LogP contribution in [-0.4, -0.2) is 31.4 Å². The Morgan fingerprint density at radius 2 is 2.05 bits per heavy atom. The van der Waals surface area contributed by atoms with Crippen molar-refractivity contribution in [3.8, 4) is 0 Å². The molecular weight excluding hydrogens is 248 g/mol. The molecule has 0 saturated heterocycles. The Balaban J connectivity index is 2.71. The molecule has 0 spiro atoms. The van der Waals surface area contributed by atoms with Gasteiger partial charge in [0.05, 0.1) is 12.7 Å². The second-order valence-corrected chi connectivity index (χ2v) is 3.53. The Hall–Kier alpha value is -2.63. The van der Waals surface area contributed by atoms with Crippen LogP contribution in [0.5, 0.6) is 0 Å². The van der Waals surface area contributed by atoms with Crippen molar-refractivity contribution in [1.29, 1.82) is 0 Å². The topological polar surface area (TPSA) is 84.5 Å². The van der Waals surface area contributed by atoms with Crippen LogP contribution in [0, 0.1) is 0 Å². The van der Waals surface area contributed by atoms with Crippen LogP contribution < -0.4 is 10.6 Å². The molecule has 0 unspecified atom stereocenters. The summed E-state index contributed by atoms with van der Waals surface area (Å²) in [7, 11) is 1.26. The average Bonchev–Trinajstić information content (AvgIpc) is 2.44. The molecule has 6 nitrogen and oxygen atoms in total. The van der Waals surface area contributed by atoms with E-state index in [9.17, 15) is 14.4 Å². The van der Waals surface area contributed by atoms with Crippen molar-refractivity contribution < 1.29 is 19.1 Å². The van der Waals surface area contributed by atoms with E-state index in [4.69, 9.17) is 0 Å². The Labute approximate surface area is 110 Å². The SMILES string of the molecule is C=CCNC(=O)C(=O)Nc1cccc(C(=O)OC)c1. The zero-order valence-corrected chi connectivity index (χ0v) is 10.4. The molecule has 0 atom stereocenters. The molecule has 100 valence electrons. The summed E-state index contributed by atoms with van der Waals surface area (Å²) in [5, 5.41) is 4.72. The lowest BCUT2D eigenvalue weighted by Crippen LogP contribution is -2.35. The number of benzene rings is 1. The van der Waals surface area contributed by atoms with Gasteiger partial charge in [0.15, 0.2) is 0 Å². The molecule has 1 rings (SSSR count). The largest absolute Gasteiger partial charge is 0.465 e. The molecule has 1 aromatic carbocycles. The monoisotopic (exact) mass is 262 g/mol. The van der Waals surface area contributed by atoms with E-state index in [1.54, 1.807) is 18.2 Å². The van der Waals surface area contributed by atoms with Gasteiger partial charge in [-0.25, -0.2) is 4.79 Å². The predicted octanol–water partition coefficient (Wildman–Crippen LogP) is 0.714. The number of methoxy groups -OCH3 is 1. The van der Waals surface area contributed by atoms with Crippen LogP contribution in [0.25, 0.3) is 0 Å². The van der Waals surface area contributed by atoms with Gasteiger partial charge in [-0.1, -0.05) is 12.1 Å². The number of carbonyl (C=O) groups excluding carboxylic acids is 3. The van der Waals surface area contributed by atoms with Crippen LogP contribution >= 0.6 is 0 Å². The fourth-order valence-electron chi connectivity index (χ4n) is 1.27. The minimum Gasteiger partial charge on any atom is -0.465 e. The van der Waals surface area contributed by atoms with Crippen molar-refractivity contribution in [2.24, 2.45) is 0 Å². The van der Waals surface area contributed by atoms with Gasteiger partial charge in [-0.15, -0.1) is 6.58 Å². The van der Waals surface area contributed by atoms with Crippen LogP contribution in [0.15, 0.2) is 36.9 Å². The Morgan fingerprint density at radius 1 is 1.32 bits per heavy atom. The summed E-state index contributed by atoms with van der Waals surface area (Å²) in [6.45, 7) is 3.62. The zero-order chi connectivity index (χ0) is 14.3. The molecule has 0 aliphatic rings. The van der Waals surface area contributed by atoms with Crippen molar-refractivity contribution in [1.82, 2.24) is 5.32 Å². The number of amides is 2. The number of carbonyl (C=O) groups is 3. The van der Waals surface area contributed by atoms with E-state index in [0.717, 1.165) is 0 Å². The maximum absolute atomic E-state index is 11.5. The van der Waals surface area contributed by atoms with Gasteiger partial charge in [-0.2, -0.15) is 0 Å². The Morgan fingerprint density at radius 3 is 2.68 bits per heavy atom. The molecule has 0 aliphatic heterocycles. The van der Waals surface area contributed by atoms with Crippen molar-refractivity contribution in [2.45, 2.75) is 0 Å². The molecule has 0 fully saturated rings. The number of ether oxygens (including phenoxy) is 1. The Bertz CT molecular complexity index is 511. The molecule has 19 heavy (non-hydrogen) atoms. The second-order valence-electron chi connectivity index (χ2n) is 3.53. The lowest BCUT2D eigenvalue weighted by molar-refractivity contribution is -0.136. The van der Waals surface area contributed by atoms with Crippen LogP contribution in [-0.2, 0) is 14.3 Å². The Kier molecular flexibility index (Phi) is 5.28. The molecule has 2 amide bonds. The third-order valence-corrected chi connectivity index (χ3v) is 2.15. The third-order valence-electron chi connectivity index (χ3n) is 2.15. The highest BCUT2D eigenvalue weighted by atomic mass is 16.5. The van der Waals surface area contributed by atoms with Crippen molar-refractivity contribution >= 4 is 23.5 Å². The lowest BCUT2D eigenvalue weighted by Gasteiger charge is -2.06. The van der Waals surface area contributed by atoms with Gasteiger partial charge in [0, 0.05) is 12.2 Å². The van der Waals surface area contributed by atoms with E-state index in [-0.39, 0.29) is 12.1 Å². The third kappa shape index (κ3) is 4.27.